The first-order valence-corrected chi connectivity index (χ1v) is 7.76. The maximum Gasteiger partial charge on any atom is 0.573 e. The number of amides is 1. The zero-order valence-electron chi connectivity index (χ0n) is 12.1. The first-order chi connectivity index (χ1) is 11.7. The van der Waals surface area contributed by atoms with Crippen LogP contribution in [0.1, 0.15) is 12.0 Å². The number of carboxylic acid groups (broad SMARTS) is 1. The largest absolute Gasteiger partial charge is 0.573 e. The third kappa shape index (κ3) is 5.64. The predicted molar refractivity (Wildman–Crippen MR) is 84.9 cm³/mol. The van der Waals surface area contributed by atoms with Crippen molar-refractivity contribution in [2.24, 2.45) is 10.2 Å². The molecule has 1 aliphatic rings. The van der Waals surface area contributed by atoms with Gasteiger partial charge in [0.1, 0.15) is 11.0 Å². The lowest BCUT2D eigenvalue weighted by Crippen LogP contribution is -2.26. The highest BCUT2D eigenvalue weighted by atomic mass is 35.5. The molecule has 1 unspecified atom stereocenters. The molecule has 2 N–H and O–H groups in total. The summed E-state index contributed by atoms with van der Waals surface area (Å²) in [6, 6.07) is 3.67. The number of nitrogens with zero attached hydrogens (tertiary/aromatic N) is 2. The molecule has 0 spiro atoms. The van der Waals surface area contributed by atoms with E-state index in [0.717, 1.165) is 24.0 Å². The molecule has 12 heteroatoms. The van der Waals surface area contributed by atoms with Crippen LogP contribution in [-0.4, -0.2) is 40.0 Å². The van der Waals surface area contributed by atoms with Crippen molar-refractivity contribution < 1.29 is 32.6 Å². The van der Waals surface area contributed by atoms with E-state index in [0.29, 0.717) is 0 Å². The number of carbonyl (C=O) groups excluding carboxylic acids is 1. The van der Waals surface area contributed by atoms with Crippen LogP contribution in [0.3, 0.4) is 0 Å². The summed E-state index contributed by atoms with van der Waals surface area (Å²) < 4.78 is 41.0. The van der Waals surface area contributed by atoms with Gasteiger partial charge in [-0.05, 0) is 12.1 Å². The molecule has 1 fully saturated rings. The van der Waals surface area contributed by atoms with Crippen molar-refractivity contribution in [2.75, 3.05) is 0 Å². The van der Waals surface area contributed by atoms with E-state index in [2.05, 4.69) is 20.3 Å². The Balaban J connectivity index is 2.15. The van der Waals surface area contributed by atoms with Gasteiger partial charge in [-0.2, -0.15) is 5.10 Å². The highest BCUT2D eigenvalue weighted by molar-refractivity contribution is 8.15. The van der Waals surface area contributed by atoms with Gasteiger partial charge in [0.2, 0.25) is 5.91 Å². The number of rotatable bonds is 5. The van der Waals surface area contributed by atoms with E-state index in [1.165, 1.54) is 12.1 Å². The number of carbonyl (C=O) groups is 2. The molecule has 134 valence electrons. The first kappa shape index (κ1) is 19.1. The molecule has 25 heavy (non-hydrogen) atoms. The Morgan fingerprint density at radius 1 is 1.48 bits per heavy atom. The Morgan fingerprint density at radius 3 is 2.84 bits per heavy atom. The van der Waals surface area contributed by atoms with Gasteiger partial charge in [-0.3, -0.25) is 9.59 Å². The lowest BCUT2D eigenvalue weighted by atomic mass is 10.2. The minimum atomic E-state index is -4.90. The number of carboxylic acids is 1. The number of ether oxygens (including phenoxy) is 1. The Kier molecular flexibility index (Phi) is 5.90. The molecule has 0 aromatic heterocycles. The molecule has 7 nitrogen and oxygen atoms in total. The second-order valence-electron chi connectivity index (χ2n) is 4.54. The molecule has 0 radical (unpaired) electrons. The molecule has 0 aliphatic carbocycles. The molecule has 0 bridgehead atoms. The fraction of sp³-hybridized carbons (Fsp3) is 0.231. The zero-order chi connectivity index (χ0) is 18.6. The molecule has 0 saturated carbocycles. The van der Waals surface area contributed by atoms with Crippen molar-refractivity contribution in [1.29, 1.82) is 0 Å². The molecule has 2 rings (SSSR count). The molecular weight excluding hydrogens is 387 g/mol. The van der Waals surface area contributed by atoms with E-state index in [9.17, 15) is 22.8 Å². The second-order valence-corrected chi connectivity index (χ2v) is 6.14. The fourth-order valence-corrected chi connectivity index (χ4v) is 2.87. The quantitative estimate of drug-likeness (QED) is 0.589. The van der Waals surface area contributed by atoms with Crippen molar-refractivity contribution in [2.45, 2.75) is 18.0 Å². The molecule has 1 heterocycles. The summed E-state index contributed by atoms with van der Waals surface area (Å²) in [6.07, 6.45) is -4.36. The van der Waals surface area contributed by atoms with Crippen molar-refractivity contribution in [3.63, 3.8) is 0 Å². The summed E-state index contributed by atoms with van der Waals surface area (Å²) in [4.78, 5) is 22.1. The Labute approximate surface area is 147 Å². The minimum Gasteiger partial charge on any atom is -0.481 e. The van der Waals surface area contributed by atoms with Crippen LogP contribution in [0.4, 0.5) is 13.2 Å². The third-order valence-electron chi connectivity index (χ3n) is 2.71. The van der Waals surface area contributed by atoms with Gasteiger partial charge in [-0.15, -0.1) is 18.3 Å². The van der Waals surface area contributed by atoms with Crippen LogP contribution >= 0.6 is 23.4 Å². The second kappa shape index (κ2) is 7.74. The Hall–Kier alpha value is -2.27. The fourth-order valence-electron chi connectivity index (χ4n) is 1.74. The van der Waals surface area contributed by atoms with Crippen LogP contribution in [0.2, 0.25) is 5.02 Å². The molecule has 1 aromatic rings. The van der Waals surface area contributed by atoms with E-state index >= 15 is 0 Å². The average Bonchev–Trinajstić information content (AvgIpc) is 2.80. The molecular formula is C13H9ClF3N3O4S. The van der Waals surface area contributed by atoms with Crippen LogP contribution in [0.25, 0.3) is 0 Å². The Morgan fingerprint density at radius 2 is 2.20 bits per heavy atom. The molecule has 1 atom stereocenters. The monoisotopic (exact) mass is 395 g/mol. The Bertz CT molecular complexity index is 755. The van der Waals surface area contributed by atoms with Crippen LogP contribution in [0.15, 0.2) is 28.4 Å². The summed E-state index contributed by atoms with van der Waals surface area (Å²) in [5, 5.41) is 17.3. The number of hydrogen-bond acceptors (Lipinski definition) is 6. The van der Waals surface area contributed by atoms with E-state index in [1.807, 2.05) is 0 Å². The van der Waals surface area contributed by atoms with Gasteiger partial charge >= 0.3 is 12.3 Å². The number of alkyl halides is 3. The summed E-state index contributed by atoms with van der Waals surface area (Å²) in [7, 11) is 0. The predicted octanol–water partition coefficient (Wildman–Crippen LogP) is 2.63. The van der Waals surface area contributed by atoms with Crippen molar-refractivity contribution in [3.05, 3.63) is 28.8 Å². The van der Waals surface area contributed by atoms with Crippen molar-refractivity contribution in [3.8, 4) is 5.75 Å². The molecule has 1 aromatic carbocycles. The molecule has 1 saturated heterocycles. The summed E-state index contributed by atoms with van der Waals surface area (Å²) in [5.74, 6) is -2.25. The van der Waals surface area contributed by atoms with Gasteiger partial charge in [-0.1, -0.05) is 29.4 Å². The number of nitrogens with one attached hydrogen (secondary N) is 1. The SMILES string of the molecule is O=C(O)CC1SC(=NN=Cc2c(Cl)cccc2OC(F)(F)F)NC1=O. The number of aliphatic carboxylic acids is 1. The normalized spacial score (nSPS) is 19.4. The standard InChI is InChI=1S/C13H9ClF3N3O4S/c14-7-2-1-3-8(24-13(15,16)17)6(7)5-18-20-12-19-11(23)9(25-12)4-10(21)22/h1-3,5,9H,4H2,(H,21,22)(H,19,20,23). The average molecular weight is 396 g/mol. The van der Waals surface area contributed by atoms with Crippen LogP contribution in [-0.2, 0) is 9.59 Å². The highest BCUT2D eigenvalue weighted by Crippen LogP contribution is 2.30. The van der Waals surface area contributed by atoms with E-state index in [4.69, 9.17) is 16.7 Å². The first-order valence-electron chi connectivity index (χ1n) is 6.50. The van der Waals surface area contributed by atoms with Crippen LogP contribution in [0.5, 0.6) is 5.75 Å². The van der Waals surface area contributed by atoms with Gasteiger partial charge in [-0.25, -0.2) is 0 Å². The summed E-state index contributed by atoms with van der Waals surface area (Å²) in [5.41, 5.74) is -0.151. The lowest BCUT2D eigenvalue weighted by molar-refractivity contribution is -0.274. The van der Waals surface area contributed by atoms with Crippen molar-refractivity contribution in [1.82, 2.24) is 5.32 Å². The molecule has 1 amide bonds. The van der Waals surface area contributed by atoms with Crippen LogP contribution < -0.4 is 10.1 Å². The summed E-state index contributed by atoms with van der Waals surface area (Å²) in [6.45, 7) is 0. The third-order valence-corrected chi connectivity index (χ3v) is 4.11. The van der Waals surface area contributed by atoms with E-state index in [-0.39, 0.29) is 15.8 Å². The number of halogens is 4. The van der Waals surface area contributed by atoms with Gasteiger partial charge in [0, 0.05) is 0 Å². The smallest absolute Gasteiger partial charge is 0.481 e. The minimum absolute atomic E-state index is 0.0258. The number of thioether (sulfide) groups is 1. The van der Waals surface area contributed by atoms with E-state index in [1.54, 1.807) is 0 Å². The van der Waals surface area contributed by atoms with Crippen molar-refractivity contribution >= 4 is 46.6 Å². The topological polar surface area (TPSA) is 100 Å². The maximum atomic E-state index is 12.4. The number of amidine groups is 1. The number of benzene rings is 1. The van der Waals surface area contributed by atoms with Gasteiger partial charge in [0.15, 0.2) is 5.17 Å². The number of hydrogen-bond donors (Lipinski definition) is 2. The summed E-state index contributed by atoms with van der Waals surface area (Å²) >= 11 is 6.68. The maximum absolute atomic E-state index is 12.4. The van der Waals surface area contributed by atoms with Crippen LogP contribution in [0, 0.1) is 0 Å². The van der Waals surface area contributed by atoms with E-state index < -0.39 is 35.7 Å². The van der Waals surface area contributed by atoms with Gasteiger partial charge in [0.05, 0.1) is 23.2 Å². The lowest BCUT2D eigenvalue weighted by Gasteiger charge is -2.11. The molecule has 1 aliphatic heterocycles. The van der Waals surface area contributed by atoms with Gasteiger partial charge in [0.25, 0.3) is 0 Å². The highest BCUT2D eigenvalue weighted by Gasteiger charge is 2.33. The van der Waals surface area contributed by atoms with Gasteiger partial charge < -0.3 is 15.2 Å². The zero-order valence-corrected chi connectivity index (χ0v) is 13.7.